The topological polar surface area (TPSA) is 31.5 Å². The first-order chi connectivity index (χ1) is 17.4. The lowest BCUT2D eigenvalue weighted by Gasteiger charge is -2.11. The maximum Gasteiger partial charge on any atom is 0.150 e. The van der Waals surface area contributed by atoms with E-state index in [1.54, 1.807) is 0 Å². The zero-order chi connectivity index (χ0) is 22.9. The molecule has 4 heteroatoms. The quantitative estimate of drug-likeness (QED) is 0.262. The Morgan fingerprint density at radius 1 is 0.629 bits per heavy atom. The van der Waals surface area contributed by atoms with Gasteiger partial charge in [0.2, 0.25) is 0 Å². The Hall–Kier alpha value is -4.41. The molecule has 0 radical (unpaired) electrons. The molecule has 3 unspecified atom stereocenters. The highest BCUT2D eigenvalue weighted by Crippen LogP contribution is 2.54. The zero-order valence-corrected chi connectivity index (χ0v) is 18.9. The predicted molar refractivity (Wildman–Crippen MR) is 140 cm³/mol. The number of furan rings is 1. The van der Waals surface area contributed by atoms with E-state index in [1.165, 1.54) is 27.3 Å². The van der Waals surface area contributed by atoms with Gasteiger partial charge in [-0.1, -0.05) is 97.1 Å². The molecule has 0 bridgehead atoms. The minimum Gasteiger partial charge on any atom is -0.456 e. The van der Waals surface area contributed by atoms with Crippen molar-refractivity contribution in [3.8, 4) is 0 Å². The average Bonchev–Trinajstić information content (AvgIpc) is 3.34. The minimum absolute atomic E-state index is 0.0333. The standard InChI is InChI=1S/C31H21N3O/c1-3-10-21(11-4-1)29-32-30(22-12-5-2-6-13-22)34-31(33(29)34)23-16-17-26-25(19-23)28-24-14-8-7-9-20(24)15-18-27(28)35-26/h1-19,29,31H. The molecule has 35 heavy (non-hydrogen) atoms. The van der Waals surface area contributed by atoms with Crippen molar-refractivity contribution in [1.29, 1.82) is 0 Å². The van der Waals surface area contributed by atoms with Crippen LogP contribution >= 0.6 is 0 Å². The highest BCUT2D eigenvalue weighted by Gasteiger charge is 2.57. The van der Waals surface area contributed by atoms with Crippen LogP contribution in [0.25, 0.3) is 32.7 Å². The van der Waals surface area contributed by atoms with Crippen LogP contribution in [0.15, 0.2) is 125 Å². The fourth-order valence-corrected chi connectivity index (χ4v) is 5.56. The van der Waals surface area contributed by atoms with Gasteiger partial charge in [0.1, 0.15) is 29.3 Å². The van der Waals surface area contributed by atoms with E-state index in [0.717, 1.165) is 28.0 Å². The number of nitrogens with zero attached hydrogens (tertiary/aromatic N) is 3. The fraction of sp³-hybridized carbons (Fsp3) is 0.0645. The van der Waals surface area contributed by atoms with Gasteiger partial charge in [-0.3, -0.25) is 5.01 Å². The third kappa shape index (κ3) is 2.74. The van der Waals surface area contributed by atoms with Crippen molar-refractivity contribution < 1.29 is 4.42 Å². The van der Waals surface area contributed by atoms with Crippen molar-refractivity contribution in [2.24, 2.45) is 4.99 Å². The molecule has 5 aromatic carbocycles. The predicted octanol–water partition coefficient (Wildman–Crippen LogP) is 7.43. The maximum absolute atomic E-state index is 6.24. The molecule has 166 valence electrons. The summed E-state index contributed by atoms with van der Waals surface area (Å²) in [6.07, 6.45) is 0.103. The van der Waals surface area contributed by atoms with E-state index in [9.17, 15) is 0 Å². The number of aliphatic imine (C=N–C) groups is 1. The summed E-state index contributed by atoms with van der Waals surface area (Å²) >= 11 is 0. The van der Waals surface area contributed by atoms with Gasteiger partial charge in [-0.05, 0) is 40.1 Å². The van der Waals surface area contributed by atoms with Gasteiger partial charge in [-0.25, -0.2) is 4.99 Å². The molecule has 0 N–H and O–H groups in total. The van der Waals surface area contributed by atoms with Crippen LogP contribution in [0, 0.1) is 0 Å². The molecule has 3 atom stereocenters. The summed E-state index contributed by atoms with van der Waals surface area (Å²) in [5.74, 6) is 1.02. The highest BCUT2D eigenvalue weighted by atomic mass is 16.3. The molecule has 1 aromatic heterocycles. The van der Waals surface area contributed by atoms with Crippen molar-refractivity contribution in [3.05, 3.63) is 132 Å². The van der Waals surface area contributed by atoms with E-state index in [2.05, 4.69) is 119 Å². The summed E-state index contributed by atoms with van der Waals surface area (Å²) < 4.78 is 6.24. The molecule has 0 amide bonds. The molecule has 8 rings (SSSR count). The van der Waals surface area contributed by atoms with E-state index < -0.39 is 0 Å². The number of rotatable bonds is 3. The number of benzene rings is 5. The lowest BCUT2D eigenvalue weighted by atomic mass is 10.0. The maximum atomic E-state index is 6.24. The molecule has 0 saturated carbocycles. The highest BCUT2D eigenvalue weighted by molar-refractivity contribution is 6.18. The smallest absolute Gasteiger partial charge is 0.150 e. The average molecular weight is 452 g/mol. The van der Waals surface area contributed by atoms with Crippen molar-refractivity contribution in [2.75, 3.05) is 0 Å². The minimum atomic E-state index is -0.0333. The molecule has 6 aromatic rings. The molecule has 0 aliphatic carbocycles. The van der Waals surface area contributed by atoms with Crippen molar-refractivity contribution >= 4 is 38.5 Å². The van der Waals surface area contributed by atoms with E-state index in [1.807, 2.05) is 6.07 Å². The number of fused-ring (bicyclic) bond motifs is 6. The monoisotopic (exact) mass is 451 g/mol. The van der Waals surface area contributed by atoms with E-state index in [-0.39, 0.29) is 12.3 Å². The van der Waals surface area contributed by atoms with Gasteiger partial charge in [0.05, 0.1) is 0 Å². The number of hydrogen-bond donors (Lipinski definition) is 0. The molecule has 3 heterocycles. The third-order valence-corrected chi connectivity index (χ3v) is 7.20. The van der Waals surface area contributed by atoms with E-state index in [0.29, 0.717) is 0 Å². The fourth-order valence-electron chi connectivity index (χ4n) is 5.56. The second kappa shape index (κ2) is 7.05. The summed E-state index contributed by atoms with van der Waals surface area (Å²) in [5, 5.41) is 9.51. The van der Waals surface area contributed by atoms with Crippen molar-refractivity contribution in [3.63, 3.8) is 0 Å². The first-order valence-electron chi connectivity index (χ1n) is 12.0. The Balaban J connectivity index is 1.28. The van der Waals surface area contributed by atoms with Gasteiger partial charge in [0.15, 0.2) is 0 Å². The number of hydrogen-bond acceptors (Lipinski definition) is 4. The van der Waals surface area contributed by atoms with Gasteiger partial charge < -0.3 is 4.42 Å². The zero-order valence-electron chi connectivity index (χ0n) is 18.9. The molecular weight excluding hydrogens is 430 g/mol. The second-order valence-electron chi connectivity index (χ2n) is 9.22. The van der Waals surface area contributed by atoms with Crippen LogP contribution in [-0.4, -0.2) is 15.9 Å². The number of amidine groups is 1. The Morgan fingerprint density at radius 2 is 1.37 bits per heavy atom. The van der Waals surface area contributed by atoms with Crippen molar-refractivity contribution in [2.45, 2.75) is 12.3 Å². The Morgan fingerprint density at radius 3 is 2.23 bits per heavy atom. The summed E-state index contributed by atoms with van der Waals surface area (Å²) in [6.45, 7) is 0. The molecule has 4 nitrogen and oxygen atoms in total. The molecule has 1 fully saturated rings. The van der Waals surface area contributed by atoms with Gasteiger partial charge >= 0.3 is 0 Å². The van der Waals surface area contributed by atoms with Crippen LogP contribution in [0.5, 0.6) is 0 Å². The van der Waals surface area contributed by atoms with Gasteiger partial charge in [0.25, 0.3) is 0 Å². The number of hydrazine groups is 1. The first-order valence-corrected chi connectivity index (χ1v) is 12.0. The van der Waals surface area contributed by atoms with Gasteiger partial charge in [-0.2, -0.15) is 5.01 Å². The summed E-state index contributed by atoms with van der Waals surface area (Å²) in [6, 6.07) is 40.4. The normalized spacial score (nSPS) is 21.0. The van der Waals surface area contributed by atoms with Crippen LogP contribution in [0.3, 0.4) is 0 Å². The van der Waals surface area contributed by atoms with Crippen LogP contribution in [0.2, 0.25) is 0 Å². The van der Waals surface area contributed by atoms with Crippen LogP contribution in [-0.2, 0) is 0 Å². The molecular formula is C31H21N3O. The Bertz CT molecular complexity index is 1770. The molecule has 1 saturated heterocycles. The second-order valence-corrected chi connectivity index (χ2v) is 9.22. The SMILES string of the molecule is c1ccc(C2=NC(c3ccccc3)N3C(c4ccc5oc6ccc7ccccc7c6c5c4)N23)cc1. The van der Waals surface area contributed by atoms with Gasteiger partial charge in [0, 0.05) is 16.3 Å². The largest absolute Gasteiger partial charge is 0.456 e. The lowest BCUT2D eigenvalue weighted by molar-refractivity contribution is 0.341. The van der Waals surface area contributed by atoms with Crippen molar-refractivity contribution in [1.82, 2.24) is 10.0 Å². The molecule has 0 spiro atoms. The Kier molecular flexibility index (Phi) is 3.82. The molecule has 2 aliphatic heterocycles. The summed E-state index contributed by atoms with van der Waals surface area (Å²) in [5.41, 5.74) is 5.44. The molecule has 2 aliphatic rings. The third-order valence-electron chi connectivity index (χ3n) is 7.20. The first kappa shape index (κ1) is 19.0. The Labute approximate surface area is 202 Å². The van der Waals surface area contributed by atoms with Crippen LogP contribution < -0.4 is 0 Å². The van der Waals surface area contributed by atoms with Crippen LogP contribution in [0.1, 0.15) is 29.0 Å². The van der Waals surface area contributed by atoms with Crippen LogP contribution in [0.4, 0.5) is 0 Å². The van der Waals surface area contributed by atoms with Gasteiger partial charge in [-0.15, -0.1) is 0 Å². The summed E-state index contributed by atoms with van der Waals surface area (Å²) in [4.78, 5) is 5.13. The van der Waals surface area contributed by atoms with E-state index in [4.69, 9.17) is 9.41 Å². The lowest BCUT2D eigenvalue weighted by Crippen LogP contribution is -2.11. The summed E-state index contributed by atoms with van der Waals surface area (Å²) in [7, 11) is 0. The van der Waals surface area contributed by atoms with E-state index >= 15 is 0 Å².